The molecule has 0 aliphatic carbocycles. The number of halogens is 1. The SMILES string of the molecule is O=C(NN=Cc1ccco1)C(=O)Nc1ccccc1F. The Morgan fingerprint density at radius 2 is 1.95 bits per heavy atom. The lowest BCUT2D eigenvalue weighted by molar-refractivity contribution is -0.136. The van der Waals surface area contributed by atoms with Gasteiger partial charge in [0.25, 0.3) is 0 Å². The quantitative estimate of drug-likeness (QED) is 0.506. The smallest absolute Gasteiger partial charge is 0.329 e. The van der Waals surface area contributed by atoms with Crippen LogP contribution in [0.3, 0.4) is 0 Å². The van der Waals surface area contributed by atoms with Gasteiger partial charge in [0.1, 0.15) is 11.6 Å². The van der Waals surface area contributed by atoms with Crippen LogP contribution in [-0.4, -0.2) is 18.0 Å². The first kappa shape index (κ1) is 13.5. The zero-order chi connectivity index (χ0) is 14.4. The number of rotatable bonds is 3. The van der Waals surface area contributed by atoms with Gasteiger partial charge in [0.05, 0.1) is 18.2 Å². The average Bonchev–Trinajstić information content (AvgIpc) is 2.94. The highest BCUT2D eigenvalue weighted by molar-refractivity contribution is 6.39. The molecule has 2 aromatic rings. The van der Waals surface area contributed by atoms with Gasteiger partial charge in [-0.15, -0.1) is 0 Å². The fourth-order valence-electron chi connectivity index (χ4n) is 1.31. The van der Waals surface area contributed by atoms with Crippen LogP contribution in [0.5, 0.6) is 0 Å². The molecule has 2 amide bonds. The predicted octanol–water partition coefficient (Wildman–Crippen LogP) is 1.51. The minimum Gasteiger partial charge on any atom is -0.463 e. The number of nitrogens with zero attached hydrogens (tertiary/aromatic N) is 1. The molecule has 0 radical (unpaired) electrons. The molecule has 0 aliphatic rings. The van der Waals surface area contributed by atoms with Gasteiger partial charge >= 0.3 is 11.8 Å². The standard InChI is InChI=1S/C13H10FN3O3/c14-10-5-1-2-6-11(10)16-12(18)13(19)17-15-8-9-4-3-7-20-9/h1-8H,(H,16,18)(H,17,19). The van der Waals surface area contributed by atoms with Crippen LogP contribution in [0.4, 0.5) is 10.1 Å². The molecule has 0 atom stereocenters. The van der Waals surface area contributed by atoms with E-state index in [0.29, 0.717) is 5.76 Å². The van der Waals surface area contributed by atoms with Crippen molar-refractivity contribution in [3.63, 3.8) is 0 Å². The van der Waals surface area contributed by atoms with E-state index in [0.717, 1.165) is 0 Å². The summed E-state index contributed by atoms with van der Waals surface area (Å²) in [7, 11) is 0. The van der Waals surface area contributed by atoms with E-state index in [1.165, 1.54) is 36.7 Å². The number of carbonyl (C=O) groups excluding carboxylic acids is 2. The van der Waals surface area contributed by atoms with E-state index >= 15 is 0 Å². The third-order valence-electron chi connectivity index (χ3n) is 2.23. The van der Waals surface area contributed by atoms with E-state index in [-0.39, 0.29) is 5.69 Å². The van der Waals surface area contributed by atoms with Crippen molar-refractivity contribution in [3.8, 4) is 0 Å². The fourth-order valence-corrected chi connectivity index (χ4v) is 1.31. The Hall–Kier alpha value is -2.96. The van der Waals surface area contributed by atoms with E-state index in [1.54, 1.807) is 12.1 Å². The Labute approximate surface area is 113 Å². The molecule has 7 heteroatoms. The highest BCUT2D eigenvalue weighted by Gasteiger charge is 2.14. The van der Waals surface area contributed by atoms with Gasteiger partial charge in [-0.25, -0.2) is 9.82 Å². The van der Waals surface area contributed by atoms with Gasteiger partial charge in [0, 0.05) is 0 Å². The molecule has 0 spiro atoms. The minimum atomic E-state index is -1.02. The van der Waals surface area contributed by atoms with Gasteiger partial charge in [-0.2, -0.15) is 5.10 Å². The molecule has 0 unspecified atom stereocenters. The van der Waals surface area contributed by atoms with E-state index in [4.69, 9.17) is 4.42 Å². The van der Waals surface area contributed by atoms with Crippen LogP contribution >= 0.6 is 0 Å². The van der Waals surface area contributed by atoms with E-state index in [1.807, 2.05) is 5.43 Å². The maximum absolute atomic E-state index is 13.3. The molecule has 20 heavy (non-hydrogen) atoms. The lowest BCUT2D eigenvalue weighted by Gasteiger charge is -2.04. The number of para-hydroxylation sites is 1. The van der Waals surface area contributed by atoms with Crippen LogP contribution in [0, 0.1) is 5.82 Å². The summed E-state index contributed by atoms with van der Waals surface area (Å²) in [5.74, 6) is -2.25. The summed E-state index contributed by atoms with van der Waals surface area (Å²) in [6.45, 7) is 0. The number of carbonyl (C=O) groups is 2. The molecular weight excluding hydrogens is 265 g/mol. The summed E-state index contributed by atoms with van der Waals surface area (Å²) in [4.78, 5) is 22.9. The van der Waals surface area contributed by atoms with Gasteiger partial charge in [0.15, 0.2) is 0 Å². The molecule has 6 nitrogen and oxygen atoms in total. The van der Waals surface area contributed by atoms with Gasteiger partial charge in [0.2, 0.25) is 0 Å². The third-order valence-corrected chi connectivity index (χ3v) is 2.23. The molecule has 1 aromatic carbocycles. The summed E-state index contributed by atoms with van der Waals surface area (Å²) in [6.07, 6.45) is 2.67. The number of hydrogen-bond acceptors (Lipinski definition) is 4. The van der Waals surface area contributed by atoms with Gasteiger partial charge in [-0.1, -0.05) is 12.1 Å². The number of amides is 2. The van der Waals surface area contributed by atoms with Crippen LogP contribution in [0.1, 0.15) is 5.76 Å². The average molecular weight is 275 g/mol. The molecule has 1 aromatic heterocycles. The highest BCUT2D eigenvalue weighted by atomic mass is 19.1. The Kier molecular flexibility index (Phi) is 4.23. The first-order valence-electron chi connectivity index (χ1n) is 5.59. The molecule has 0 bridgehead atoms. The number of anilines is 1. The lowest BCUT2D eigenvalue weighted by atomic mass is 10.3. The van der Waals surface area contributed by atoms with Crippen molar-refractivity contribution in [2.24, 2.45) is 5.10 Å². The second-order valence-electron chi connectivity index (χ2n) is 3.65. The third kappa shape index (κ3) is 3.52. The lowest BCUT2D eigenvalue weighted by Crippen LogP contribution is -2.32. The van der Waals surface area contributed by atoms with Crippen LogP contribution < -0.4 is 10.7 Å². The molecule has 0 saturated heterocycles. The normalized spacial score (nSPS) is 10.4. The van der Waals surface area contributed by atoms with Crippen molar-refractivity contribution < 1.29 is 18.4 Å². The molecule has 102 valence electrons. The topological polar surface area (TPSA) is 83.7 Å². The number of hydrazone groups is 1. The zero-order valence-corrected chi connectivity index (χ0v) is 10.2. The number of benzene rings is 1. The summed E-state index contributed by atoms with van der Waals surface area (Å²) in [5, 5.41) is 5.66. The second-order valence-corrected chi connectivity index (χ2v) is 3.65. The fraction of sp³-hybridized carbons (Fsp3) is 0. The number of furan rings is 1. The maximum atomic E-state index is 13.3. The van der Waals surface area contributed by atoms with Crippen LogP contribution in [-0.2, 0) is 9.59 Å². The van der Waals surface area contributed by atoms with E-state index in [9.17, 15) is 14.0 Å². The predicted molar refractivity (Wildman–Crippen MR) is 69.5 cm³/mol. The highest BCUT2D eigenvalue weighted by Crippen LogP contribution is 2.11. The molecule has 2 N–H and O–H groups in total. The molecule has 1 heterocycles. The molecule has 0 saturated carbocycles. The number of nitrogens with one attached hydrogen (secondary N) is 2. The summed E-state index contributed by atoms with van der Waals surface area (Å²) >= 11 is 0. The summed E-state index contributed by atoms with van der Waals surface area (Å²) in [6, 6.07) is 8.78. The Balaban J connectivity index is 1.89. The van der Waals surface area contributed by atoms with E-state index < -0.39 is 17.6 Å². The second kappa shape index (κ2) is 6.28. The maximum Gasteiger partial charge on any atom is 0.329 e. The van der Waals surface area contributed by atoms with Crippen molar-refractivity contribution >= 4 is 23.7 Å². The first-order chi connectivity index (χ1) is 9.66. The molecule has 0 fully saturated rings. The molecule has 0 aliphatic heterocycles. The largest absolute Gasteiger partial charge is 0.463 e. The van der Waals surface area contributed by atoms with Crippen LogP contribution in [0.2, 0.25) is 0 Å². The van der Waals surface area contributed by atoms with Gasteiger partial charge in [-0.05, 0) is 24.3 Å². The van der Waals surface area contributed by atoms with Crippen molar-refractivity contribution in [3.05, 3.63) is 54.2 Å². The summed E-state index contributed by atoms with van der Waals surface area (Å²) < 4.78 is 18.2. The first-order valence-corrected chi connectivity index (χ1v) is 5.59. The van der Waals surface area contributed by atoms with Crippen molar-refractivity contribution in [2.45, 2.75) is 0 Å². The zero-order valence-electron chi connectivity index (χ0n) is 10.2. The van der Waals surface area contributed by atoms with Crippen molar-refractivity contribution in [1.82, 2.24) is 5.43 Å². The van der Waals surface area contributed by atoms with Crippen LogP contribution in [0.15, 0.2) is 52.2 Å². The Morgan fingerprint density at radius 3 is 2.65 bits per heavy atom. The van der Waals surface area contributed by atoms with Crippen LogP contribution in [0.25, 0.3) is 0 Å². The Morgan fingerprint density at radius 1 is 1.15 bits per heavy atom. The van der Waals surface area contributed by atoms with Crippen molar-refractivity contribution in [2.75, 3.05) is 5.32 Å². The van der Waals surface area contributed by atoms with Crippen molar-refractivity contribution in [1.29, 1.82) is 0 Å². The van der Waals surface area contributed by atoms with Gasteiger partial charge < -0.3 is 9.73 Å². The van der Waals surface area contributed by atoms with E-state index in [2.05, 4.69) is 10.4 Å². The van der Waals surface area contributed by atoms with Gasteiger partial charge in [-0.3, -0.25) is 9.59 Å². The number of hydrogen-bond donors (Lipinski definition) is 2. The monoisotopic (exact) mass is 275 g/mol. The minimum absolute atomic E-state index is 0.0809. The Bertz CT molecular complexity index is 638. The summed E-state index contributed by atoms with van der Waals surface area (Å²) in [5.41, 5.74) is 1.92. The molecule has 2 rings (SSSR count). The molecular formula is C13H10FN3O3.